The monoisotopic (exact) mass is 199 g/mol. The number of nitrogens with one attached hydrogen (secondary N) is 2. The van der Waals surface area contributed by atoms with Gasteiger partial charge in [-0.3, -0.25) is 4.79 Å². The van der Waals surface area contributed by atoms with Crippen LogP contribution in [0.25, 0.3) is 0 Å². The minimum atomic E-state index is 0.182. The molecular weight excluding hydrogens is 178 g/mol. The maximum atomic E-state index is 11.6. The Balaban J connectivity index is 2.07. The Morgan fingerprint density at radius 3 is 3.00 bits per heavy atom. The van der Waals surface area contributed by atoms with Gasteiger partial charge in [0.1, 0.15) is 0 Å². The van der Waals surface area contributed by atoms with Gasteiger partial charge < -0.3 is 16.4 Å². The van der Waals surface area contributed by atoms with Gasteiger partial charge in [0.25, 0.3) is 0 Å². The van der Waals surface area contributed by atoms with Gasteiger partial charge in [0.15, 0.2) is 0 Å². The first-order valence-corrected chi connectivity index (χ1v) is 5.53. The van der Waals surface area contributed by atoms with E-state index in [0.29, 0.717) is 6.54 Å². The zero-order valence-corrected chi connectivity index (χ0v) is 8.72. The molecule has 1 aliphatic heterocycles. The minimum absolute atomic E-state index is 0.182. The van der Waals surface area contributed by atoms with Crippen molar-refractivity contribution in [2.24, 2.45) is 11.7 Å². The molecule has 0 aliphatic carbocycles. The zero-order valence-electron chi connectivity index (χ0n) is 8.72. The third kappa shape index (κ3) is 4.07. The summed E-state index contributed by atoms with van der Waals surface area (Å²) in [6.07, 6.45) is 4.11. The van der Waals surface area contributed by atoms with Gasteiger partial charge in [-0.25, -0.2) is 0 Å². The van der Waals surface area contributed by atoms with E-state index in [1.165, 1.54) is 0 Å². The maximum absolute atomic E-state index is 11.6. The summed E-state index contributed by atoms with van der Waals surface area (Å²) in [5.41, 5.74) is 5.37. The molecule has 4 N–H and O–H groups in total. The van der Waals surface area contributed by atoms with Gasteiger partial charge in [0.05, 0.1) is 5.92 Å². The van der Waals surface area contributed by atoms with Crippen molar-refractivity contribution >= 4 is 5.91 Å². The smallest absolute Gasteiger partial charge is 0.224 e. The molecule has 1 heterocycles. The molecule has 1 aliphatic rings. The van der Waals surface area contributed by atoms with Crippen molar-refractivity contribution in [1.29, 1.82) is 0 Å². The molecule has 0 bridgehead atoms. The maximum Gasteiger partial charge on any atom is 0.224 e. The molecule has 1 saturated heterocycles. The van der Waals surface area contributed by atoms with Gasteiger partial charge in [0.2, 0.25) is 5.91 Å². The highest BCUT2D eigenvalue weighted by Crippen LogP contribution is 2.09. The van der Waals surface area contributed by atoms with Gasteiger partial charge >= 0.3 is 0 Å². The minimum Gasteiger partial charge on any atom is -0.356 e. The van der Waals surface area contributed by atoms with E-state index in [4.69, 9.17) is 5.73 Å². The van der Waals surface area contributed by atoms with Crippen LogP contribution in [0.2, 0.25) is 0 Å². The lowest BCUT2D eigenvalue weighted by molar-refractivity contribution is -0.125. The van der Waals surface area contributed by atoms with Gasteiger partial charge in [0, 0.05) is 13.1 Å². The molecule has 14 heavy (non-hydrogen) atoms. The second kappa shape index (κ2) is 6.79. The van der Waals surface area contributed by atoms with Crippen molar-refractivity contribution in [3.05, 3.63) is 0 Å². The predicted octanol–water partition coefficient (Wildman–Crippen LogP) is -0.159. The lowest BCUT2D eigenvalue weighted by Crippen LogP contribution is -2.40. The number of amides is 1. The highest BCUT2D eigenvalue weighted by Gasteiger charge is 2.19. The van der Waals surface area contributed by atoms with Crippen molar-refractivity contribution in [3.63, 3.8) is 0 Å². The molecule has 0 aromatic carbocycles. The summed E-state index contributed by atoms with van der Waals surface area (Å²) in [7, 11) is 0. The van der Waals surface area contributed by atoms with E-state index < -0.39 is 0 Å². The summed E-state index contributed by atoms with van der Waals surface area (Å²) in [6.45, 7) is 3.37. The Hall–Kier alpha value is -0.610. The highest BCUT2D eigenvalue weighted by atomic mass is 16.1. The topological polar surface area (TPSA) is 67.1 Å². The van der Waals surface area contributed by atoms with Crippen molar-refractivity contribution in [2.75, 3.05) is 26.2 Å². The fourth-order valence-corrected chi connectivity index (χ4v) is 1.70. The van der Waals surface area contributed by atoms with E-state index in [1.54, 1.807) is 0 Å². The van der Waals surface area contributed by atoms with E-state index in [1.807, 2.05) is 0 Å². The van der Waals surface area contributed by atoms with Crippen molar-refractivity contribution in [1.82, 2.24) is 10.6 Å². The molecular formula is C10H21N3O. The standard InChI is InChI=1S/C10H21N3O/c11-5-1-2-7-13-10(14)9-4-3-6-12-8-9/h9,12H,1-8,11H2,(H,13,14)/t9-/m0/s1. The van der Waals surface area contributed by atoms with E-state index in [0.717, 1.165) is 45.3 Å². The number of carbonyl (C=O) groups is 1. The van der Waals surface area contributed by atoms with Crippen LogP contribution in [0.1, 0.15) is 25.7 Å². The number of rotatable bonds is 5. The number of hydrogen-bond donors (Lipinski definition) is 3. The van der Waals surface area contributed by atoms with Crippen LogP contribution in [0.4, 0.5) is 0 Å². The lowest BCUT2D eigenvalue weighted by Gasteiger charge is -2.21. The van der Waals surface area contributed by atoms with E-state index in [9.17, 15) is 4.79 Å². The normalized spacial score (nSPS) is 21.9. The van der Waals surface area contributed by atoms with Crippen LogP contribution in [-0.4, -0.2) is 32.1 Å². The Morgan fingerprint density at radius 1 is 1.50 bits per heavy atom. The van der Waals surface area contributed by atoms with E-state index in [2.05, 4.69) is 10.6 Å². The second-order valence-corrected chi connectivity index (χ2v) is 3.83. The van der Waals surface area contributed by atoms with Crippen LogP contribution >= 0.6 is 0 Å². The average molecular weight is 199 g/mol. The van der Waals surface area contributed by atoms with Gasteiger partial charge in [-0.05, 0) is 38.8 Å². The molecule has 0 unspecified atom stereocenters. The van der Waals surface area contributed by atoms with Crippen LogP contribution in [0.15, 0.2) is 0 Å². The van der Waals surface area contributed by atoms with Crippen LogP contribution in [0, 0.1) is 5.92 Å². The quantitative estimate of drug-likeness (QED) is 0.539. The number of piperidine rings is 1. The molecule has 4 nitrogen and oxygen atoms in total. The van der Waals surface area contributed by atoms with Crippen molar-refractivity contribution in [2.45, 2.75) is 25.7 Å². The Morgan fingerprint density at radius 2 is 2.36 bits per heavy atom. The second-order valence-electron chi connectivity index (χ2n) is 3.83. The molecule has 82 valence electrons. The number of unbranched alkanes of at least 4 members (excludes halogenated alkanes) is 1. The van der Waals surface area contributed by atoms with E-state index >= 15 is 0 Å². The summed E-state index contributed by atoms with van der Waals surface area (Å²) in [5, 5.41) is 6.19. The molecule has 1 atom stereocenters. The fourth-order valence-electron chi connectivity index (χ4n) is 1.70. The number of nitrogens with two attached hydrogens (primary N) is 1. The molecule has 0 aromatic heterocycles. The molecule has 0 aromatic rings. The fraction of sp³-hybridized carbons (Fsp3) is 0.900. The molecule has 1 amide bonds. The Labute approximate surface area is 85.6 Å². The van der Waals surface area contributed by atoms with Crippen LogP contribution in [0.3, 0.4) is 0 Å². The summed E-state index contributed by atoms with van der Waals surface area (Å²) < 4.78 is 0. The predicted molar refractivity (Wildman–Crippen MR) is 56.9 cm³/mol. The van der Waals surface area contributed by atoms with Crippen LogP contribution in [0.5, 0.6) is 0 Å². The molecule has 0 radical (unpaired) electrons. The molecule has 0 saturated carbocycles. The van der Waals surface area contributed by atoms with Gasteiger partial charge in [-0.15, -0.1) is 0 Å². The van der Waals surface area contributed by atoms with Gasteiger partial charge in [-0.2, -0.15) is 0 Å². The first-order chi connectivity index (χ1) is 6.84. The Kier molecular flexibility index (Phi) is 5.56. The summed E-state index contributed by atoms with van der Waals surface area (Å²) in [4.78, 5) is 11.6. The molecule has 0 spiro atoms. The lowest BCUT2D eigenvalue weighted by atomic mass is 9.99. The third-order valence-corrected chi connectivity index (χ3v) is 2.60. The zero-order chi connectivity index (χ0) is 10.2. The third-order valence-electron chi connectivity index (χ3n) is 2.60. The number of hydrogen-bond acceptors (Lipinski definition) is 3. The number of carbonyl (C=O) groups excluding carboxylic acids is 1. The molecule has 1 fully saturated rings. The summed E-state index contributed by atoms with van der Waals surface area (Å²) in [5.74, 6) is 0.385. The van der Waals surface area contributed by atoms with Crippen LogP contribution < -0.4 is 16.4 Å². The van der Waals surface area contributed by atoms with Crippen molar-refractivity contribution in [3.8, 4) is 0 Å². The first-order valence-electron chi connectivity index (χ1n) is 5.53. The van der Waals surface area contributed by atoms with Crippen LogP contribution in [-0.2, 0) is 4.79 Å². The SMILES string of the molecule is NCCCCNC(=O)[C@H]1CCCNC1. The largest absolute Gasteiger partial charge is 0.356 e. The average Bonchev–Trinajstić information content (AvgIpc) is 2.25. The molecule has 1 rings (SSSR count). The highest BCUT2D eigenvalue weighted by molar-refractivity contribution is 5.78. The summed E-state index contributed by atoms with van der Waals surface area (Å²) >= 11 is 0. The van der Waals surface area contributed by atoms with Crippen molar-refractivity contribution < 1.29 is 4.79 Å². The molecule has 4 heteroatoms. The van der Waals surface area contributed by atoms with E-state index in [-0.39, 0.29) is 11.8 Å². The Bertz CT molecular complexity index is 167. The summed E-state index contributed by atoms with van der Waals surface area (Å²) in [6, 6.07) is 0. The van der Waals surface area contributed by atoms with Gasteiger partial charge in [-0.1, -0.05) is 0 Å². The first kappa shape index (κ1) is 11.5.